The molecule has 3 rings (SSSR count). The lowest BCUT2D eigenvalue weighted by atomic mass is 10.1. The van der Waals surface area contributed by atoms with E-state index >= 15 is 0 Å². The Balaban J connectivity index is 1.67. The summed E-state index contributed by atoms with van der Waals surface area (Å²) in [6.07, 6.45) is 0.326. The predicted octanol–water partition coefficient (Wildman–Crippen LogP) is 1.05. The van der Waals surface area contributed by atoms with Gasteiger partial charge in [-0.3, -0.25) is 9.59 Å². The number of amides is 2. The molecular formula is C21H26N4O4S. The molecule has 1 saturated heterocycles. The van der Waals surface area contributed by atoms with E-state index in [-0.39, 0.29) is 28.0 Å². The first-order valence-corrected chi connectivity index (χ1v) is 11.1. The van der Waals surface area contributed by atoms with Crippen LogP contribution in [-0.4, -0.2) is 74.6 Å². The highest BCUT2D eigenvalue weighted by atomic mass is 32.2. The fraction of sp³-hybridized carbons (Fsp3) is 0.333. The molecule has 1 aliphatic heterocycles. The van der Waals surface area contributed by atoms with Crippen molar-refractivity contribution in [1.29, 1.82) is 0 Å². The molecule has 1 aliphatic rings. The Morgan fingerprint density at radius 3 is 2.17 bits per heavy atom. The van der Waals surface area contributed by atoms with E-state index < -0.39 is 10.0 Å². The van der Waals surface area contributed by atoms with E-state index in [0.29, 0.717) is 32.6 Å². The maximum absolute atomic E-state index is 13.0. The average Bonchev–Trinajstić information content (AvgIpc) is 2.74. The second-order valence-electron chi connectivity index (χ2n) is 7.37. The summed E-state index contributed by atoms with van der Waals surface area (Å²) in [6.45, 7) is 1.58. The minimum atomic E-state index is -3.68. The van der Waals surface area contributed by atoms with Crippen molar-refractivity contribution >= 4 is 27.5 Å². The number of carbonyl (C=O) groups excluding carboxylic acids is 2. The summed E-state index contributed by atoms with van der Waals surface area (Å²) in [4.78, 5) is 28.8. The fourth-order valence-corrected chi connectivity index (χ4v) is 4.23. The van der Waals surface area contributed by atoms with Crippen LogP contribution in [0, 0.1) is 0 Å². The molecule has 2 aromatic carbocycles. The molecule has 0 unspecified atom stereocenters. The number of sulfonamides is 1. The van der Waals surface area contributed by atoms with Crippen LogP contribution in [0.15, 0.2) is 53.4 Å². The van der Waals surface area contributed by atoms with Crippen LogP contribution in [0.1, 0.15) is 15.9 Å². The molecule has 30 heavy (non-hydrogen) atoms. The molecule has 160 valence electrons. The van der Waals surface area contributed by atoms with E-state index in [1.165, 1.54) is 32.3 Å². The Kier molecular flexibility index (Phi) is 6.42. The largest absolute Gasteiger partial charge is 0.398 e. The summed E-state index contributed by atoms with van der Waals surface area (Å²) in [5, 5.41) is 0. The van der Waals surface area contributed by atoms with Crippen LogP contribution in [0.4, 0.5) is 5.69 Å². The summed E-state index contributed by atoms with van der Waals surface area (Å²) in [7, 11) is -0.817. The van der Waals surface area contributed by atoms with Gasteiger partial charge in [-0.05, 0) is 23.8 Å². The third-order valence-corrected chi connectivity index (χ3v) is 6.96. The number of benzene rings is 2. The second-order valence-corrected chi connectivity index (χ2v) is 9.52. The van der Waals surface area contributed by atoms with Crippen LogP contribution < -0.4 is 5.73 Å². The summed E-state index contributed by atoms with van der Waals surface area (Å²) in [6, 6.07) is 13.7. The van der Waals surface area contributed by atoms with Gasteiger partial charge in [0.2, 0.25) is 15.9 Å². The molecule has 1 fully saturated rings. The first-order chi connectivity index (χ1) is 14.2. The number of anilines is 1. The van der Waals surface area contributed by atoms with Gasteiger partial charge in [0.25, 0.3) is 5.91 Å². The number of nitrogens with zero attached hydrogens (tertiary/aromatic N) is 3. The second kappa shape index (κ2) is 8.85. The van der Waals surface area contributed by atoms with Crippen LogP contribution in [0.3, 0.4) is 0 Å². The number of hydrogen-bond acceptors (Lipinski definition) is 5. The Hall–Kier alpha value is -2.91. The van der Waals surface area contributed by atoms with Crippen LogP contribution in [0.2, 0.25) is 0 Å². The molecule has 0 aliphatic carbocycles. The standard InChI is InChI=1S/C21H26N4O4S/c1-23(2)30(28,29)17-8-9-19(22)18(15-17)21(27)25-12-10-24(11-13-25)20(26)14-16-6-4-3-5-7-16/h3-9,15H,10-14,22H2,1-2H3. The van der Waals surface area contributed by atoms with Crippen molar-refractivity contribution in [1.82, 2.24) is 14.1 Å². The molecule has 1 heterocycles. The first-order valence-electron chi connectivity index (χ1n) is 9.63. The number of nitrogens with two attached hydrogens (primary N) is 1. The molecule has 0 saturated carbocycles. The van der Waals surface area contributed by atoms with Crippen molar-refractivity contribution in [2.24, 2.45) is 0 Å². The van der Waals surface area contributed by atoms with Crippen LogP contribution in [-0.2, 0) is 21.2 Å². The zero-order valence-electron chi connectivity index (χ0n) is 17.1. The van der Waals surface area contributed by atoms with E-state index in [4.69, 9.17) is 5.73 Å². The zero-order chi connectivity index (χ0) is 21.9. The number of rotatable bonds is 5. The van der Waals surface area contributed by atoms with Crippen molar-refractivity contribution in [2.45, 2.75) is 11.3 Å². The Labute approximate surface area is 176 Å². The molecule has 2 amide bonds. The lowest BCUT2D eigenvalue weighted by Gasteiger charge is -2.35. The number of carbonyl (C=O) groups is 2. The van der Waals surface area contributed by atoms with Gasteiger partial charge in [-0.1, -0.05) is 30.3 Å². The molecular weight excluding hydrogens is 404 g/mol. The van der Waals surface area contributed by atoms with Gasteiger partial charge in [0.05, 0.1) is 16.9 Å². The Morgan fingerprint density at radius 1 is 0.967 bits per heavy atom. The minimum Gasteiger partial charge on any atom is -0.398 e. The van der Waals surface area contributed by atoms with Crippen molar-refractivity contribution in [3.63, 3.8) is 0 Å². The highest BCUT2D eigenvalue weighted by Crippen LogP contribution is 2.22. The average molecular weight is 431 g/mol. The molecule has 0 atom stereocenters. The van der Waals surface area contributed by atoms with Gasteiger partial charge >= 0.3 is 0 Å². The maximum atomic E-state index is 13.0. The molecule has 0 aromatic heterocycles. The van der Waals surface area contributed by atoms with Gasteiger partial charge in [0, 0.05) is 46.0 Å². The molecule has 2 N–H and O–H groups in total. The zero-order valence-corrected chi connectivity index (χ0v) is 17.9. The monoisotopic (exact) mass is 430 g/mol. The predicted molar refractivity (Wildman–Crippen MR) is 114 cm³/mol. The third-order valence-electron chi connectivity index (χ3n) is 5.15. The SMILES string of the molecule is CN(C)S(=O)(=O)c1ccc(N)c(C(=O)N2CCN(C(=O)Cc3ccccc3)CC2)c1. The lowest BCUT2D eigenvalue weighted by Crippen LogP contribution is -2.51. The van der Waals surface area contributed by atoms with Crippen molar-refractivity contribution < 1.29 is 18.0 Å². The van der Waals surface area contributed by atoms with Gasteiger partial charge in [-0.15, -0.1) is 0 Å². The summed E-state index contributed by atoms with van der Waals surface area (Å²) in [5.74, 6) is -0.314. The van der Waals surface area contributed by atoms with E-state index in [1.807, 2.05) is 30.3 Å². The van der Waals surface area contributed by atoms with Crippen molar-refractivity contribution in [3.8, 4) is 0 Å². The highest BCUT2D eigenvalue weighted by Gasteiger charge is 2.27. The van der Waals surface area contributed by atoms with Gasteiger partial charge in [-0.2, -0.15) is 0 Å². The quantitative estimate of drug-likeness (QED) is 0.714. The number of hydrogen-bond donors (Lipinski definition) is 1. The Morgan fingerprint density at radius 2 is 1.57 bits per heavy atom. The van der Waals surface area contributed by atoms with Crippen LogP contribution in [0.5, 0.6) is 0 Å². The van der Waals surface area contributed by atoms with E-state index in [9.17, 15) is 18.0 Å². The van der Waals surface area contributed by atoms with Crippen LogP contribution >= 0.6 is 0 Å². The normalized spacial score (nSPS) is 14.8. The summed E-state index contributed by atoms with van der Waals surface area (Å²) in [5.41, 5.74) is 7.29. The molecule has 0 radical (unpaired) electrons. The highest BCUT2D eigenvalue weighted by molar-refractivity contribution is 7.89. The van der Waals surface area contributed by atoms with Crippen LogP contribution in [0.25, 0.3) is 0 Å². The molecule has 0 bridgehead atoms. The smallest absolute Gasteiger partial charge is 0.256 e. The summed E-state index contributed by atoms with van der Waals surface area (Å²) < 4.78 is 25.8. The third kappa shape index (κ3) is 4.63. The van der Waals surface area contributed by atoms with Gasteiger partial charge in [0.1, 0.15) is 0 Å². The topological polar surface area (TPSA) is 104 Å². The molecule has 8 nitrogen and oxygen atoms in total. The van der Waals surface area contributed by atoms with E-state index in [0.717, 1.165) is 9.87 Å². The molecule has 2 aromatic rings. The lowest BCUT2D eigenvalue weighted by molar-refractivity contribution is -0.131. The van der Waals surface area contributed by atoms with Gasteiger partial charge in [-0.25, -0.2) is 12.7 Å². The fourth-order valence-electron chi connectivity index (χ4n) is 3.30. The number of piperazine rings is 1. The molecule has 9 heteroatoms. The van der Waals surface area contributed by atoms with Crippen molar-refractivity contribution in [3.05, 3.63) is 59.7 Å². The minimum absolute atomic E-state index is 0.0155. The van der Waals surface area contributed by atoms with Gasteiger partial charge < -0.3 is 15.5 Å². The van der Waals surface area contributed by atoms with Crippen molar-refractivity contribution in [2.75, 3.05) is 46.0 Å². The Bertz CT molecular complexity index is 1030. The molecule has 0 spiro atoms. The first kappa shape index (κ1) is 21.8. The maximum Gasteiger partial charge on any atom is 0.256 e. The van der Waals surface area contributed by atoms with E-state index in [1.54, 1.807) is 9.80 Å². The van der Waals surface area contributed by atoms with Gasteiger partial charge in [0.15, 0.2) is 0 Å². The van der Waals surface area contributed by atoms with E-state index in [2.05, 4.69) is 0 Å². The number of nitrogen functional groups attached to an aromatic ring is 1. The summed E-state index contributed by atoms with van der Waals surface area (Å²) >= 11 is 0.